The standard InChI is InChI=1S/C27H24O3/c1-18(2)27(28)30-15-14-29-23-13-12-22-16-21-6-4-5-7-24(21)26(25(22)17-23)20-10-8-19(3)9-11-20/h4-13,16-17H,1,14-15H2,2-3H3. The van der Waals surface area contributed by atoms with E-state index in [2.05, 4.69) is 80.2 Å². The zero-order valence-corrected chi connectivity index (χ0v) is 17.3. The highest BCUT2D eigenvalue weighted by molar-refractivity contribution is 6.12. The minimum atomic E-state index is -0.398. The molecule has 0 aliphatic carbocycles. The van der Waals surface area contributed by atoms with Crippen molar-refractivity contribution in [2.45, 2.75) is 13.8 Å². The number of aryl methyl sites for hydroxylation is 1. The number of carbonyl (C=O) groups is 1. The van der Waals surface area contributed by atoms with E-state index < -0.39 is 5.97 Å². The lowest BCUT2D eigenvalue weighted by Crippen LogP contribution is -2.12. The third-order valence-corrected chi connectivity index (χ3v) is 5.11. The van der Waals surface area contributed by atoms with Crippen molar-refractivity contribution in [1.29, 1.82) is 0 Å². The minimum absolute atomic E-state index is 0.187. The van der Waals surface area contributed by atoms with Crippen LogP contribution in [0, 0.1) is 6.92 Å². The first kappa shape index (κ1) is 19.7. The van der Waals surface area contributed by atoms with Gasteiger partial charge in [-0.2, -0.15) is 0 Å². The van der Waals surface area contributed by atoms with Gasteiger partial charge in [-0.25, -0.2) is 4.79 Å². The van der Waals surface area contributed by atoms with Crippen molar-refractivity contribution in [2.75, 3.05) is 13.2 Å². The van der Waals surface area contributed by atoms with Gasteiger partial charge in [0.05, 0.1) is 0 Å². The molecule has 0 atom stereocenters. The van der Waals surface area contributed by atoms with E-state index in [9.17, 15) is 4.79 Å². The number of fused-ring (bicyclic) bond motifs is 2. The van der Waals surface area contributed by atoms with E-state index in [1.807, 2.05) is 6.07 Å². The van der Waals surface area contributed by atoms with Gasteiger partial charge in [0, 0.05) is 5.57 Å². The van der Waals surface area contributed by atoms with E-state index in [4.69, 9.17) is 9.47 Å². The van der Waals surface area contributed by atoms with Crippen LogP contribution in [0.3, 0.4) is 0 Å². The Morgan fingerprint density at radius 1 is 0.867 bits per heavy atom. The topological polar surface area (TPSA) is 35.5 Å². The predicted octanol–water partition coefficient (Wildman–Crippen LogP) is 6.47. The summed E-state index contributed by atoms with van der Waals surface area (Å²) in [4.78, 5) is 11.5. The highest BCUT2D eigenvalue weighted by Gasteiger charge is 2.11. The van der Waals surface area contributed by atoms with Crippen molar-refractivity contribution >= 4 is 27.5 Å². The molecule has 4 aromatic rings. The van der Waals surface area contributed by atoms with Crippen molar-refractivity contribution in [2.24, 2.45) is 0 Å². The highest BCUT2D eigenvalue weighted by Crippen LogP contribution is 2.38. The Morgan fingerprint density at radius 2 is 1.60 bits per heavy atom. The molecule has 3 nitrogen and oxygen atoms in total. The summed E-state index contributed by atoms with van der Waals surface area (Å²) in [6, 6.07) is 25.4. The van der Waals surface area contributed by atoms with Crippen LogP contribution >= 0.6 is 0 Å². The lowest BCUT2D eigenvalue weighted by Gasteiger charge is -2.14. The molecule has 3 heteroatoms. The number of carbonyl (C=O) groups excluding carboxylic acids is 1. The molecule has 0 radical (unpaired) electrons. The van der Waals surface area contributed by atoms with Gasteiger partial charge in [-0.3, -0.25) is 0 Å². The second kappa shape index (κ2) is 8.42. The number of esters is 1. The van der Waals surface area contributed by atoms with Crippen molar-refractivity contribution in [1.82, 2.24) is 0 Å². The maximum Gasteiger partial charge on any atom is 0.333 e. The van der Waals surface area contributed by atoms with E-state index in [0.29, 0.717) is 5.57 Å². The summed E-state index contributed by atoms with van der Waals surface area (Å²) in [5.74, 6) is 0.350. The Labute approximate surface area is 176 Å². The Kier molecular flexibility index (Phi) is 5.53. The second-order valence-corrected chi connectivity index (χ2v) is 7.49. The van der Waals surface area contributed by atoms with Gasteiger partial charge in [0.15, 0.2) is 0 Å². The van der Waals surface area contributed by atoms with Gasteiger partial charge in [-0.05, 0) is 64.7 Å². The van der Waals surface area contributed by atoms with Crippen LogP contribution < -0.4 is 4.74 Å². The fraction of sp³-hybridized carbons (Fsp3) is 0.148. The second-order valence-electron chi connectivity index (χ2n) is 7.49. The largest absolute Gasteiger partial charge is 0.490 e. The summed E-state index contributed by atoms with van der Waals surface area (Å²) in [7, 11) is 0. The molecule has 150 valence electrons. The van der Waals surface area contributed by atoms with Crippen LogP contribution in [0.15, 0.2) is 84.9 Å². The molecular formula is C27H24O3. The van der Waals surface area contributed by atoms with Crippen LogP contribution in [0.4, 0.5) is 0 Å². The van der Waals surface area contributed by atoms with Gasteiger partial charge in [-0.1, -0.05) is 66.7 Å². The summed E-state index contributed by atoms with van der Waals surface area (Å²) in [6.07, 6.45) is 0. The Bertz CT molecular complexity index is 1240. The van der Waals surface area contributed by atoms with Gasteiger partial charge >= 0.3 is 5.97 Å². The summed E-state index contributed by atoms with van der Waals surface area (Å²) in [5.41, 5.74) is 3.99. The Hall–Kier alpha value is -3.59. The normalized spacial score (nSPS) is 10.9. The first-order chi connectivity index (χ1) is 14.5. The number of ether oxygens (including phenoxy) is 2. The maximum atomic E-state index is 11.5. The lowest BCUT2D eigenvalue weighted by atomic mass is 9.91. The van der Waals surface area contributed by atoms with E-state index in [-0.39, 0.29) is 13.2 Å². The molecule has 0 aliphatic heterocycles. The van der Waals surface area contributed by atoms with Gasteiger partial charge in [0.2, 0.25) is 0 Å². The fourth-order valence-corrected chi connectivity index (χ4v) is 3.58. The van der Waals surface area contributed by atoms with Crippen LogP contribution in [0.5, 0.6) is 5.75 Å². The minimum Gasteiger partial charge on any atom is -0.490 e. The van der Waals surface area contributed by atoms with E-state index >= 15 is 0 Å². The van der Waals surface area contributed by atoms with Crippen LogP contribution in [0.1, 0.15) is 12.5 Å². The molecule has 0 heterocycles. The van der Waals surface area contributed by atoms with E-state index in [1.165, 1.54) is 27.5 Å². The van der Waals surface area contributed by atoms with Crippen LogP contribution in [-0.4, -0.2) is 19.2 Å². The molecule has 0 unspecified atom stereocenters. The average molecular weight is 396 g/mol. The van der Waals surface area contributed by atoms with Crippen molar-refractivity contribution in [3.8, 4) is 16.9 Å². The zero-order chi connectivity index (χ0) is 21.1. The molecule has 0 bridgehead atoms. The third kappa shape index (κ3) is 4.06. The molecule has 4 rings (SSSR count). The average Bonchev–Trinajstić information content (AvgIpc) is 2.75. The molecule has 0 fully saturated rings. The lowest BCUT2D eigenvalue weighted by molar-refractivity contribution is -0.139. The fourth-order valence-electron chi connectivity index (χ4n) is 3.58. The number of hydrogen-bond donors (Lipinski definition) is 0. The Balaban J connectivity index is 1.72. The maximum absolute atomic E-state index is 11.5. The third-order valence-electron chi connectivity index (χ3n) is 5.11. The van der Waals surface area contributed by atoms with Crippen LogP contribution in [0.25, 0.3) is 32.7 Å². The van der Waals surface area contributed by atoms with E-state index in [0.717, 1.165) is 16.5 Å². The molecule has 0 amide bonds. The number of hydrogen-bond acceptors (Lipinski definition) is 3. The molecule has 0 aliphatic rings. The van der Waals surface area contributed by atoms with Crippen molar-refractivity contribution in [3.63, 3.8) is 0 Å². The summed E-state index contributed by atoms with van der Waals surface area (Å²) in [5, 5.41) is 4.71. The first-order valence-corrected chi connectivity index (χ1v) is 10.0. The van der Waals surface area contributed by atoms with Crippen LogP contribution in [0.2, 0.25) is 0 Å². The first-order valence-electron chi connectivity index (χ1n) is 10.0. The predicted molar refractivity (Wildman–Crippen MR) is 123 cm³/mol. The molecule has 0 aromatic heterocycles. The van der Waals surface area contributed by atoms with Crippen molar-refractivity contribution < 1.29 is 14.3 Å². The SMILES string of the molecule is C=C(C)C(=O)OCCOc1ccc2cc3ccccc3c(-c3ccc(C)cc3)c2c1. The molecule has 0 N–H and O–H groups in total. The molecule has 0 saturated heterocycles. The zero-order valence-electron chi connectivity index (χ0n) is 17.3. The quantitative estimate of drug-likeness (QED) is 0.162. The Morgan fingerprint density at radius 3 is 2.37 bits per heavy atom. The molecule has 4 aromatic carbocycles. The number of rotatable bonds is 6. The monoisotopic (exact) mass is 396 g/mol. The van der Waals surface area contributed by atoms with Gasteiger partial charge in [-0.15, -0.1) is 0 Å². The van der Waals surface area contributed by atoms with E-state index in [1.54, 1.807) is 6.92 Å². The van der Waals surface area contributed by atoms with Gasteiger partial charge < -0.3 is 9.47 Å². The summed E-state index contributed by atoms with van der Waals surface area (Å²) < 4.78 is 11.0. The molecule has 0 saturated carbocycles. The molecule has 0 spiro atoms. The molecule has 30 heavy (non-hydrogen) atoms. The highest BCUT2D eigenvalue weighted by atomic mass is 16.6. The smallest absolute Gasteiger partial charge is 0.333 e. The summed E-state index contributed by atoms with van der Waals surface area (Å²) in [6.45, 7) is 7.78. The number of benzene rings is 4. The van der Waals surface area contributed by atoms with Crippen LogP contribution in [-0.2, 0) is 9.53 Å². The molecular weight excluding hydrogens is 372 g/mol. The van der Waals surface area contributed by atoms with Gasteiger partial charge in [0.1, 0.15) is 19.0 Å². The van der Waals surface area contributed by atoms with Gasteiger partial charge in [0.25, 0.3) is 0 Å². The van der Waals surface area contributed by atoms with Crippen molar-refractivity contribution in [3.05, 3.63) is 90.5 Å². The summed E-state index contributed by atoms with van der Waals surface area (Å²) >= 11 is 0.